The van der Waals surface area contributed by atoms with Crippen molar-refractivity contribution in [2.75, 3.05) is 38.6 Å². The number of benzene rings is 2. The second kappa shape index (κ2) is 11.0. The van der Waals surface area contributed by atoms with Crippen LogP contribution in [0, 0.1) is 0 Å². The Morgan fingerprint density at radius 1 is 1.03 bits per heavy atom. The van der Waals surface area contributed by atoms with Gasteiger partial charge in [0.15, 0.2) is 9.84 Å². The van der Waals surface area contributed by atoms with Crippen molar-refractivity contribution in [3.63, 3.8) is 0 Å². The van der Waals surface area contributed by atoms with Gasteiger partial charge in [0.25, 0.3) is 0 Å². The molecule has 0 aromatic heterocycles. The van der Waals surface area contributed by atoms with Gasteiger partial charge >= 0.3 is 6.36 Å². The monoisotopic (exact) mass is 504 g/mol. The van der Waals surface area contributed by atoms with Crippen LogP contribution in [0.25, 0.3) is 0 Å². The van der Waals surface area contributed by atoms with Gasteiger partial charge in [0, 0.05) is 19.6 Å². The van der Waals surface area contributed by atoms with Crippen LogP contribution in [0.5, 0.6) is 17.2 Å². The number of hydrogen-bond donors (Lipinski definition) is 1. The molecule has 186 valence electrons. The van der Waals surface area contributed by atoms with Gasteiger partial charge in [0.05, 0.1) is 29.9 Å². The number of carbonyl (C=O) groups excluding carboxylic acids is 1. The zero-order chi connectivity index (χ0) is 24.8. The van der Waals surface area contributed by atoms with E-state index in [4.69, 9.17) is 9.47 Å². The van der Waals surface area contributed by atoms with E-state index in [-0.39, 0.29) is 29.3 Å². The van der Waals surface area contributed by atoms with E-state index >= 15 is 0 Å². The SMILES string of the molecule is O=CN(O)C(CN1CCOCC1)CS(=O)(=O)c1ccc(Oc2ccc(OC(F)(F)F)cc2)cc1. The lowest BCUT2D eigenvalue weighted by Gasteiger charge is -2.32. The van der Waals surface area contributed by atoms with Crippen molar-refractivity contribution >= 4 is 16.2 Å². The molecule has 2 aromatic rings. The summed E-state index contributed by atoms with van der Waals surface area (Å²) in [7, 11) is -3.88. The Labute approximate surface area is 194 Å². The first-order chi connectivity index (χ1) is 16.1. The van der Waals surface area contributed by atoms with E-state index in [0.29, 0.717) is 31.4 Å². The van der Waals surface area contributed by atoms with Crippen molar-refractivity contribution in [1.82, 2.24) is 9.96 Å². The average Bonchev–Trinajstić information content (AvgIpc) is 2.79. The summed E-state index contributed by atoms with van der Waals surface area (Å²) in [4.78, 5) is 12.9. The van der Waals surface area contributed by atoms with E-state index in [1.165, 1.54) is 36.4 Å². The lowest BCUT2D eigenvalue weighted by molar-refractivity contribution is -0.274. The Morgan fingerprint density at radius 3 is 2.09 bits per heavy atom. The largest absolute Gasteiger partial charge is 0.573 e. The highest BCUT2D eigenvalue weighted by Crippen LogP contribution is 2.28. The van der Waals surface area contributed by atoms with Gasteiger partial charge in [-0.3, -0.25) is 14.9 Å². The molecule has 0 spiro atoms. The van der Waals surface area contributed by atoms with Crippen LogP contribution in [0.2, 0.25) is 0 Å². The van der Waals surface area contributed by atoms with Crippen LogP contribution in [-0.4, -0.2) is 81.0 Å². The van der Waals surface area contributed by atoms with Crippen LogP contribution in [-0.2, 0) is 19.4 Å². The first kappa shape index (κ1) is 25.7. The highest BCUT2D eigenvalue weighted by molar-refractivity contribution is 7.91. The fourth-order valence-electron chi connectivity index (χ4n) is 3.29. The third-order valence-corrected chi connectivity index (χ3v) is 6.76. The molecule has 1 N–H and O–H groups in total. The van der Waals surface area contributed by atoms with Gasteiger partial charge in [-0.2, -0.15) is 0 Å². The number of sulfone groups is 1. The summed E-state index contributed by atoms with van der Waals surface area (Å²) in [5.41, 5.74) is 0. The summed E-state index contributed by atoms with van der Waals surface area (Å²) in [5.74, 6) is -0.427. The predicted molar refractivity (Wildman–Crippen MR) is 112 cm³/mol. The lowest BCUT2D eigenvalue weighted by Crippen LogP contribution is -2.48. The number of alkyl halides is 3. The molecule has 1 amide bonds. The molecule has 1 unspecified atom stereocenters. The predicted octanol–water partition coefficient (Wildman–Crippen LogP) is 2.70. The van der Waals surface area contributed by atoms with Gasteiger partial charge in [-0.15, -0.1) is 13.2 Å². The third-order valence-electron chi connectivity index (χ3n) is 4.94. The standard InChI is InChI=1S/C21H23F3N2O7S/c22-21(23,24)33-19-3-1-17(2-4-19)32-18-5-7-20(8-6-18)34(29,30)14-16(26(28)15-27)13-25-9-11-31-12-10-25/h1-8,15-16,28H,9-14H2. The highest BCUT2D eigenvalue weighted by Gasteiger charge is 2.31. The van der Waals surface area contributed by atoms with E-state index in [1.54, 1.807) is 0 Å². The minimum Gasteiger partial charge on any atom is -0.457 e. The zero-order valence-electron chi connectivity index (χ0n) is 17.8. The number of carbonyl (C=O) groups is 1. The van der Waals surface area contributed by atoms with Crippen LogP contribution in [0.15, 0.2) is 53.4 Å². The zero-order valence-corrected chi connectivity index (χ0v) is 18.7. The molecular weight excluding hydrogens is 481 g/mol. The summed E-state index contributed by atoms with van der Waals surface area (Å²) < 4.78 is 77.0. The molecule has 0 saturated carbocycles. The Kier molecular flexibility index (Phi) is 8.36. The normalized spacial score (nSPS) is 16.0. The average molecular weight is 504 g/mol. The van der Waals surface area contributed by atoms with Gasteiger partial charge < -0.3 is 14.2 Å². The molecule has 1 heterocycles. The Hall–Kier alpha value is -2.87. The molecule has 2 aromatic carbocycles. The van der Waals surface area contributed by atoms with Crippen molar-refractivity contribution in [2.45, 2.75) is 17.3 Å². The first-order valence-electron chi connectivity index (χ1n) is 10.1. The number of nitrogens with zero attached hydrogens (tertiary/aromatic N) is 2. The first-order valence-corrected chi connectivity index (χ1v) is 11.8. The molecule has 0 bridgehead atoms. The topological polar surface area (TPSA) is 106 Å². The third kappa shape index (κ3) is 7.58. The molecule has 13 heteroatoms. The van der Waals surface area contributed by atoms with Gasteiger partial charge in [-0.05, 0) is 48.5 Å². The second-order valence-electron chi connectivity index (χ2n) is 7.43. The van der Waals surface area contributed by atoms with E-state index in [2.05, 4.69) is 4.74 Å². The van der Waals surface area contributed by atoms with Crippen molar-refractivity contribution < 1.29 is 45.8 Å². The maximum atomic E-state index is 12.9. The Balaban J connectivity index is 1.65. The van der Waals surface area contributed by atoms with Crippen molar-refractivity contribution in [3.8, 4) is 17.2 Å². The molecule has 0 radical (unpaired) electrons. The molecule has 1 saturated heterocycles. The van der Waals surface area contributed by atoms with Gasteiger partial charge in [-0.1, -0.05) is 0 Å². The summed E-state index contributed by atoms with van der Waals surface area (Å²) in [5, 5.41) is 10.3. The smallest absolute Gasteiger partial charge is 0.457 e. The summed E-state index contributed by atoms with van der Waals surface area (Å²) >= 11 is 0. The van der Waals surface area contributed by atoms with E-state index < -0.39 is 33.7 Å². The van der Waals surface area contributed by atoms with Gasteiger partial charge in [0.1, 0.15) is 17.2 Å². The molecule has 1 aliphatic rings. The number of rotatable bonds is 10. The number of hydrogen-bond acceptors (Lipinski definition) is 8. The maximum Gasteiger partial charge on any atom is 0.573 e. The molecule has 3 rings (SSSR count). The Morgan fingerprint density at radius 2 is 1.56 bits per heavy atom. The fraction of sp³-hybridized carbons (Fsp3) is 0.381. The van der Waals surface area contributed by atoms with Crippen LogP contribution in [0.3, 0.4) is 0 Å². The Bertz CT molecular complexity index is 1040. The van der Waals surface area contributed by atoms with Gasteiger partial charge in [0.2, 0.25) is 6.41 Å². The minimum absolute atomic E-state index is 0.0416. The molecule has 1 atom stereocenters. The quantitative estimate of drug-likeness (QED) is 0.299. The summed E-state index contributed by atoms with van der Waals surface area (Å²) in [6.07, 6.45) is -4.63. The summed E-state index contributed by atoms with van der Waals surface area (Å²) in [6, 6.07) is 9.14. The maximum absolute atomic E-state index is 12.9. The lowest BCUT2D eigenvalue weighted by atomic mass is 10.3. The van der Waals surface area contributed by atoms with Crippen LogP contribution >= 0.6 is 0 Å². The van der Waals surface area contributed by atoms with E-state index in [1.807, 2.05) is 4.90 Å². The molecular formula is C21H23F3N2O7S. The van der Waals surface area contributed by atoms with Crippen LogP contribution < -0.4 is 9.47 Å². The van der Waals surface area contributed by atoms with Gasteiger partial charge in [-0.25, -0.2) is 13.5 Å². The number of hydroxylamine groups is 2. The number of amides is 1. The highest BCUT2D eigenvalue weighted by atomic mass is 32.2. The van der Waals surface area contributed by atoms with Crippen molar-refractivity contribution in [1.29, 1.82) is 0 Å². The van der Waals surface area contributed by atoms with Crippen molar-refractivity contribution in [3.05, 3.63) is 48.5 Å². The molecule has 34 heavy (non-hydrogen) atoms. The second-order valence-corrected chi connectivity index (χ2v) is 9.46. The number of halogens is 3. The fourth-order valence-corrected chi connectivity index (χ4v) is 4.80. The summed E-state index contributed by atoms with van der Waals surface area (Å²) in [6.45, 7) is 2.22. The molecule has 1 fully saturated rings. The van der Waals surface area contributed by atoms with Crippen LogP contribution in [0.1, 0.15) is 0 Å². The number of morpholine rings is 1. The van der Waals surface area contributed by atoms with Crippen LogP contribution in [0.4, 0.5) is 13.2 Å². The molecule has 0 aliphatic carbocycles. The number of ether oxygens (including phenoxy) is 3. The van der Waals surface area contributed by atoms with E-state index in [0.717, 1.165) is 12.1 Å². The minimum atomic E-state index is -4.80. The van der Waals surface area contributed by atoms with E-state index in [9.17, 15) is 31.6 Å². The van der Waals surface area contributed by atoms with Crippen molar-refractivity contribution in [2.24, 2.45) is 0 Å². The molecule has 9 nitrogen and oxygen atoms in total. The molecule has 1 aliphatic heterocycles.